The minimum absolute atomic E-state index is 0.0137. The molecule has 1 aromatic rings. The first kappa shape index (κ1) is 24.3. The summed E-state index contributed by atoms with van der Waals surface area (Å²) in [6, 6.07) is 3.56. The number of hydrogen-bond acceptors (Lipinski definition) is 6. The second-order valence-corrected chi connectivity index (χ2v) is 13.5. The fraction of sp³-hybridized carbons (Fsp3) is 0.710. The molecule has 2 heterocycles. The summed E-state index contributed by atoms with van der Waals surface area (Å²) in [7, 11) is 0. The standard InChI is InChI=1S/C31H41NO5/c1-27-8-5-21(33)18-29(27)11-12-31(22(19-29)26(34)23-4-3-15-37-23)24(27)6-9-28(2)25(31)7-10-30(28,35)20-32-13-16-36-17-14-32/h3-4,11-12,15,19,21,24-25,33,35H,5-10,13-14,16-18,20H2,1-2H3/t21?,24-,25-,27-,28+,29+,30-,31-/m1/s1. The Kier molecular flexibility index (Phi) is 5.20. The number of allylic oxidation sites excluding steroid dienone is 4. The van der Waals surface area contributed by atoms with Gasteiger partial charge in [0.1, 0.15) is 0 Å². The Morgan fingerprint density at radius 2 is 1.78 bits per heavy atom. The molecule has 0 aromatic carbocycles. The van der Waals surface area contributed by atoms with Gasteiger partial charge in [-0.15, -0.1) is 0 Å². The van der Waals surface area contributed by atoms with Crippen LogP contribution in [0, 0.1) is 33.5 Å². The van der Waals surface area contributed by atoms with Crippen LogP contribution in [0.4, 0.5) is 0 Å². The molecule has 37 heavy (non-hydrogen) atoms. The highest BCUT2D eigenvalue weighted by atomic mass is 16.5. The molecule has 1 saturated heterocycles. The zero-order chi connectivity index (χ0) is 25.7. The number of fused-ring (bicyclic) bond motifs is 1. The largest absolute Gasteiger partial charge is 0.461 e. The van der Waals surface area contributed by atoms with Crippen molar-refractivity contribution in [3.8, 4) is 0 Å². The minimum Gasteiger partial charge on any atom is -0.461 e. The molecule has 8 rings (SSSR count). The molecule has 0 radical (unpaired) electrons. The van der Waals surface area contributed by atoms with Crippen molar-refractivity contribution >= 4 is 5.78 Å². The third-order valence-electron chi connectivity index (χ3n) is 12.3. The number of aliphatic hydroxyl groups is 2. The topological polar surface area (TPSA) is 83.1 Å². The quantitative estimate of drug-likeness (QED) is 0.465. The van der Waals surface area contributed by atoms with Crippen LogP contribution in [0.2, 0.25) is 0 Å². The van der Waals surface area contributed by atoms with Crippen LogP contribution in [0.3, 0.4) is 0 Å². The van der Waals surface area contributed by atoms with Crippen LogP contribution in [0.25, 0.3) is 0 Å². The zero-order valence-electron chi connectivity index (χ0n) is 22.2. The number of Topliss-reactive ketones (excluding diaryl/α,β-unsaturated/α-hetero) is 1. The predicted octanol–water partition coefficient (Wildman–Crippen LogP) is 4.39. The Morgan fingerprint density at radius 1 is 1.05 bits per heavy atom. The number of furan rings is 1. The first-order chi connectivity index (χ1) is 17.7. The Hall–Kier alpha value is -1.73. The highest BCUT2D eigenvalue weighted by Crippen LogP contribution is 2.78. The first-order valence-corrected chi connectivity index (χ1v) is 14.4. The van der Waals surface area contributed by atoms with Crippen molar-refractivity contribution in [2.24, 2.45) is 33.5 Å². The van der Waals surface area contributed by atoms with Gasteiger partial charge in [0.15, 0.2) is 5.76 Å². The van der Waals surface area contributed by atoms with Gasteiger partial charge in [0.05, 0.1) is 31.2 Å². The monoisotopic (exact) mass is 507 g/mol. The van der Waals surface area contributed by atoms with Crippen LogP contribution in [0.15, 0.2) is 46.6 Å². The first-order valence-electron chi connectivity index (χ1n) is 14.4. The van der Waals surface area contributed by atoms with Crippen molar-refractivity contribution in [3.63, 3.8) is 0 Å². The van der Waals surface area contributed by atoms with E-state index in [9.17, 15) is 15.0 Å². The second-order valence-electron chi connectivity index (χ2n) is 13.5. The molecular weight excluding hydrogens is 466 g/mol. The number of carbonyl (C=O) groups excluding carboxylic acids is 1. The van der Waals surface area contributed by atoms with E-state index in [1.807, 2.05) is 0 Å². The SMILES string of the molecule is C[C@]12CC[C@H]3[C@]4(C=C[C@@]5(C=C4C(=O)c4ccco4)CC(O)CC[C@]35C)[C@@H]1CC[C@@]2(O)CN1CCOCC1. The molecule has 1 unspecified atom stereocenters. The number of morpholine rings is 1. The molecule has 6 heteroatoms. The molecule has 200 valence electrons. The van der Waals surface area contributed by atoms with Gasteiger partial charge >= 0.3 is 0 Å². The lowest BCUT2D eigenvalue weighted by atomic mass is 9.32. The van der Waals surface area contributed by atoms with E-state index in [4.69, 9.17) is 9.15 Å². The Morgan fingerprint density at radius 3 is 2.54 bits per heavy atom. The van der Waals surface area contributed by atoms with Gasteiger partial charge in [-0.3, -0.25) is 9.69 Å². The summed E-state index contributed by atoms with van der Waals surface area (Å²) >= 11 is 0. The molecule has 2 N–H and O–H groups in total. The summed E-state index contributed by atoms with van der Waals surface area (Å²) in [6.07, 6.45) is 14.3. The van der Waals surface area contributed by atoms with E-state index in [1.165, 1.54) is 0 Å². The summed E-state index contributed by atoms with van der Waals surface area (Å²) in [5.74, 6) is 0.853. The molecule has 1 aromatic heterocycles. The average molecular weight is 508 g/mol. The summed E-state index contributed by atoms with van der Waals surface area (Å²) in [4.78, 5) is 16.6. The molecule has 6 nitrogen and oxygen atoms in total. The molecule has 2 spiro atoms. The van der Waals surface area contributed by atoms with Crippen LogP contribution in [-0.2, 0) is 4.74 Å². The maximum absolute atomic E-state index is 14.2. The molecule has 2 bridgehead atoms. The lowest BCUT2D eigenvalue weighted by Crippen LogP contribution is -2.67. The molecule has 8 atom stereocenters. The van der Waals surface area contributed by atoms with Crippen molar-refractivity contribution in [2.75, 3.05) is 32.8 Å². The maximum Gasteiger partial charge on any atom is 0.224 e. The fourth-order valence-electron chi connectivity index (χ4n) is 10.3. The zero-order valence-corrected chi connectivity index (χ0v) is 22.2. The van der Waals surface area contributed by atoms with E-state index in [0.717, 1.165) is 70.4 Å². The highest BCUT2D eigenvalue weighted by Gasteiger charge is 2.74. The van der Waals surface area contributed by atoms with Crippen molar-refractivity contribution in [3.05, 3.63) is 48.0 Å². The van der Waals surface area contributed by atoms with Gasteiger partial charge in [-0.2, -0.15) is 0 Å². The molecule has 4 fully saturated rings. The second kappa shape index (κ2) is 7.91. The number of ether oxygens (including phenoxy) is 1. The number of rotatable bonds is 4. The lowest BCUT2D eigenvalue weighted by molar-refractivity contribution is -0.178. The third kappa shape index (κ3) is 2.99. The van der Waals surface area contributed by atoms with Crippen LogP contribution < -0.4 is 0 Å². The summed E-state index contributed by atoms with van der Waals surface area (Å²) in [6.45, 7) is 8.58. The normalized spacial score (nSPS) is 48.8. The van der Waals surface area contributed by atoms with E-state index < -0.39 is 11.0 Å². The Bertz CT molecular complexity index is 1150. The van der Waals surface area contributed by atoms with Gasteiger partial charge in [0, 0.05) is 41.5 Å². The summed E-state index contributed by atoms with van der Waals surface area (Å²) < 4.78 is 11.2. The van der Waals surface area contributed by atoms with Gasteiger partial charge < -0.3 is 19.4 Å². The van der Waals surface area contributed by atoms with Gasteiger partial charge in [-0.25, -0.2) is 0 Å². The number of nitrogens with zero attached hydrogens (tertiary/aromatic N) is 1. The lowest BCUT2D eigenvalue weighted by Gasteiger charge is -2.71. The Balaban J connectivity index is 1.36. The van der Waals surface area contributed by atoms with Crippen LogP contribution in [0.5, 0.6) is 0 Å². The maximum atomic E-state index is 14.2. The molecule has 6 aliphatic carbocycles. The van der Waals surface area contributed by atoms with E-state index in [2.05, 4.69) is 37.0 Å². The van der Waals surface area contributed by atoms with Crippen molar-refractivity contribution < 1.29 is 24.2 Å². The van der Waals surface area contributed by atoms with E-state index in [-0.39, 0.29) is 34.1 Å². The highest BCUT2D eigenvalue weighted by molar-refractivity contribution is 6.08. The molecule has 0 amide bonds. The summed E-state index contributed by atoms with van der Waals surface area (Å²) in [5, 5.41) is 23.2. The minimum atomic E-state index is -0.795. The van der Waals surface area contributed by atoms with Gasteiger partial charge in [0.25, 0.3) is 0 Å². The number of aliphatic hydroxyl groups excluding tert-OH is 1. The van der Waals surface area contributed by atoms with Crippen LogP contribution in [-0.4, -0.2) is 65.4 Å². The average Bonchev–Trinajstić information content (AvgIpc) is 3.51. The van der Waals surface area contributed by atoms with E-state index >= 15 is 0 Å². The fourth-order valence-corrected chi connectivity index (χ4v) is 10.3. The van der Waals surface area contributed by atoms with Gasteiger partial charge in [0.2, 0.25) is 5.78 Å². The molecule has 1 aliphatic heterocycles. The number of carbonyl (C=O) groups is 1. The van der Waals surface area contributed by atoms with Crippen molar-refractivity contribution in [1.29, 1.82) is 0 Å². The Labute approximate surface area is 219 Å². The molecular formula is C31H41NO5. The van der Waals surface area contributed by atoms with E-state index in [0.29, 0.717) is 24.6 Å². The van der Waals surface area contributed by atoms with Crippen LogP contribution in [0.1, 0.15) is 69.3 Å². The molecule has 3 saturated carbocycles. The van der Waals surface area contributed by atoms with E-state index in [1.54, 1.807) is 18.4 Å². The number of β-amino-alcohol motifs (C(OH)–C–C–N with tert-alkyl or cyclic N) is 1. The van der Waals surface area contributed by atoms with Crippen LogP contribution >= 0.6 is 0 Å². The smallest absolute Gasteiger partial charge is 0.224 e. The van der Waals surface area contributed by atoms with Crippen molar-refractivity contribution in [2.45, 2.75) is 70.5 Å². The molecule has 7 aliphatic rings. The predicted molar refractivity (Wildman–Crippen MR) is 139 cm³/mol. The van der Waals surface area contributed by atoms with Crippen molar-refractivity contribution in [1.82, 2.24) is 4.90 Å². The third-order valence-corrected chi connectivity index (χ3v) is 12.3. The summed E-state index contributed by atoms with van der Waals surface area (Å²) in [5.41, 5.74) is -0.989. The van der Waals surface area contributed by atoms with Gasteiger partial charge in [-0.1, -0.05) is 32.1 Å². The number of hydrogen-bond donors (Lipinski definition) is 2. The number of ketones is 1. The van der Waals surface area contributed by atoms with Gasteiger partial charge in [-0.05, 0) is 74.3 Å².